The van der Waals surface area contributed by atoms with Gasteiger partial charge in [-0.1, -0.05) is 19.4 Å². The highest BCUT2D eigenvalue weighted by molar-refractivity contribution is 5.91. The Morgan fingerprint density at radius 2 is 1.62 bits per heavy atom. The van der Waals surface area contributed by atoms with E-state index in [1.165, 1.54) is 31.7 Å². The van der Waals surface area contributed by atoms with Gasteiger partial charge in [0, 0.05) is 0 Å². The molecule has 0 N–H and O–H groups in total. The van der Waals surface area contributed by atoms with Gasteiger partial charge >= 0.3 is 5.97 Å². The first-order chi connectivity index (χ1) is 14.0. The average molecular weight is 397 g/mol. The number of benzene rings is 2. The molecule has 2 aromatic carbocycles. The van der Waals surface area contributed by atoms with Gasteiger partial charge in [0.05, 0.1) is 12.7 Å². The number of esters is 1. The third-order valence-corrected chi connectivity index (χ3v) is 6.82. The van der Waals surface area contributed by atoms with Crippen LogP contribution in [0, 0.1) is 23.6 Å². The number of carbonyl (C=O) groups excluding carboxylic acids is 1. The molecule has 0 heterocycles. The average Bonchev–Trinajstić information content (AvgIpc) is 2.74. The van der Waals surface area contributed by atoms with Crippen LogP contribution in [0.2, 0.25) is 0 Å². The quantitative estimate of drug-likeness (QED) is 0.445. The van der Waals surface area contributed by atoms with Crippen molar-refractivity contribution >= 4 is 5.97 Å². The Labute approximate surface area is 172 Å². The van der Waals surface area contributed by atoms with E-state index in [9.17, 15) is 9.18 Å². The van der Waals surface area contributed by atoms with Crippen LogP contribution < -0.4 is 9.47 Å². The van der Waals surface area contributed by atoms with E-state index in [0.29, 0.717) is 11.5 Å². The fourth-order valence-corrected chi connectivity index (χ4v) is 5.20. The Bertz CT molecular complexity index is 861. The summed E-state index contributed by atoms with van der Waals surface area (Å²) in [4.78, 5) is 12.4. The van der Waals surface area contributed by atoms with Gasteiger partial charge in [-0.15, -0.1) is 0 Å². The maximum atomic E-state index is 14.9. The molecule has 2 aliphatic carbocycles. The number of fused-ring (bicyclic) bond motifs is 1. The van der Waals surface area contributed by atoms with Gasteiger partial charge in [-0.2, -0.15) is 0 Å². The lowest BCUT2D eigenvalue weighted by Gasteiger charge is -2.41. The van der Waals surface area contributed by atoms with E-state index in [1.54, 1.807) is 43.5 Å². The summed E-state index contributed by atoms with van der Waals surface area (Å²) < 4.78 is 25.3. The van der Waals surface area contributed by atoms with E-state index < -0.39 is 5.97 Å². The zero-order valence-electron chi connectivity index (χ0n) is 17.2. The van der Waals surface area contributed by atoms with Crippen LogP contribution in [0.4, 0.5) is 4.39 Å². The molecule has 2 aliphatic rings. The zero-order valence-corrected chi connectivity index (χ0v) is 17.2. The molecule has 0 aromatic heterocycles. The van der Waals surface area contributed by atoms with Crippen LogP contribution in [-0.4, -0.2) is 13.1 Å². The fourth-order valence-electron chi connectivity index (χ4n) is 5.20. The van der Waals surface area contributed by atoms with Gasteiger partial charge in [0.1, 0.15) is 17.3 Å². The van der Waals surface area contributed by atoms with Crippen molar-refractivity contribution in [2.75, 3.05) is 7.11 Å². The van der Waals surface area contributed by atoms with Crippen molar-refractivity contribution < 1.29 is 18.7 Å². The highest BCUT2D eigenvalue weighted by Crippen LogP contribution is 2.47. The zero-order chi connectivity index (χ0) is 20.4. The molecule has 0 amide bonds. The molecule has 0 bridgehead atoms. The van der Waals surface area contributed by atoms with E-state index in [1.807, 2.05) is 0 Å². The largest absolute Gasteiger partial charge is 0.497 e. The van der Waals surface area contributed by atoms with Gasteiger partial charge in [-0.25, -0.2) is 9.18 Å². The predicted molar refractivity (Wildman–Crippen MR) is 111 cm³/mol. The van der Waals surface area contributed by atoms with Gasteiger partial charge in [0.25, 0.3) is 0 Å². The molecule has 4 rings (SSSR count). The fraction of sp³-hybridized carbons (Fsp3) is 0.480. The molecule has 4 heteroatoms. The normalized spacial score (nSPS) is 26.4. The molecule has 154 valence electrons. The highest BCUT2D eigenvalue weighted by Gasteiger charge is 2.35. The summed E-state index contributed by atoms with van der Waals surface area (Å²) >= 11 is 0. The number of ether oxygens (including phenoxy) is 2. The molecule has 3 nitrogen and oxygen atoms in total. The molecule has 0 saturated heterocycles. The van der Waals surface area contributed by atoms with E-state index >= 15 is 0 Å². The van der Waals surface area contributed by atoms with Crippen LogP contribution in [0.1, 0.15) is 67.3 Å². The summed E-state index contributed by atoms with van der Waals surface area (Å²) in [5.74, 6) is 2.89. The maximum Gasteiger partial charge on any atom is 0.343 e. The molecule has 0 radical (unpaired) electrons. The molecule has 2 aromatic rings. The van der Waals surface area contributed by atoms with Gasteiger partial charge < -0.3 is 9.47 Å². The smallest absolute Gasteiger partial charge is 0.343 e. The van der Waals surface area contributed by atoms with E-state index in [-0.39, 0.29) is 17.3 Å². The minimum Gasteiger partial charge on any atom is -0.497 e. The lowest BCUT2D eigenvalue weighted by atomic mass is 9.64. The maximum absolute atomic E-state index is 14.9. The van der Waals surface area contributed by atoms with Gasteiger partial charge in [0.15, 0.2) is 0 Å². The second-order valence-electron chi connectivity index (χ2n) is 8.75. The minimum absolute atomic E-state index is 0.238. The predicted octanol–water partition coefficient (Wildman–Crippen LogP) is 6.37. The first-order valence-corrected chi connectivity index (χ1v) is 10.7. The van der Waals surface area contributed by atoms with E-state index in [0.717, 1.165) is 36.2 Å². The highest BCUT2D eigenvalue weighted by atomic mass is 19.1. The molecular formula is C25H29FO3. The summed E-state index contributed by atoms with van der Waals surface area (Å²) in [6, 6.07) is 11.6. The summed E-state index contributed by atoms with van der Waals surface area (Å²) in [6.45, 7) is 2.35. The Hall–Kier alpha value is -2.36. The third kappa shape index (κ3) is 4.47. The molecule has 2 saturated carbocycles. The van der Waals surface area contributed by atoms with E-state index in [2.05, 4.69) is 6.92 Å². The van der Waals surface area contributed by atoms with Crippen LogP contribution in [0.25, 0.3) is 0 Å². The summed E-state index contributed by atoms with van der Waals surface area (Å²) in [7, 11) is 1.58. The van der Waals surface area contributed by atoms with Crippen molar-refractivity contribution in [1.82, 2.24) is 0 Å². The monoisotopic (exact) mass is 396 g/mol. The van der Waals surface area contributed by atoms with Crippen molar-refractivity contribution in [3.63, 3.8) is 0 Å². The van der Waals surface area contributed by atoms with Crippen LogP contribution in [0.5, 0.6) is 11.5 Å². The molecule has 1 unspecified atom stereocenters. The van der Waals surface area contributed by atoms with Gasteiger partial charge in [0.2, 0.25) is 0 Å². The number of hydrogen-bond acceptors (Lipinski definition) is 3. The topological polar surface area (TPSA) is 35.5 Å². The third-order valence-electron chi connectivity index (χ3n) is 6.82. The molecule has 29 heavy (non-hydrogen) atoms. The number of rotatable bonds is 4. The van der Waals surface area contributed by atoms with Crippen molar-refractivity contribution in [3.8, 4) is 11.5 Å². The Morgan fingerprint density at radius 3 is 2.34 bits per heavy atom. The number of carbonyl (C=O) groups is 1. The standard InChI is InChI=1S/C25H29FO3/c1-16-3-4-18-14-19(6-5-17(18)13-16)23-12-7-20(15-24(23)26)25(27)29-22-10-8-21(28-2)9-11-22/h7-12,15-19H,3-6,13-14H2,1-2H3/t16-,17-,18+,19?/m0/s1. The van der Waals surface area contributed by atoms with Crippen LogP contribution in [0.3, 0.4) is 0 Å². The SMILES string of the molecule is COc1ccc(OC(=O)c2ccc(C3CC[C@H]4C[C@@H](C)CC[C@@H]4C3)c(F)c2)cc1. The van der Waals surface area contributed by atoms with Crippen LogP contribution in [0.15, 0.2) is 42.5 Å². The summed E-state index contributed by atoms with van der Waals surface area (Å²) in [5, 5.41) is 0. The van der Waals surface area contributed by atoms with Crippen molar-refractivity contribution in [3.05, 3.63) is 59.4 Å². The number of halogens is 1. The van der Waals surface area contributed by atoms with Crippen molar-refractivity contribution in [2.45, 2.75) is 51.4 Å². The van der Waals surface area contributed by atoms with Crippen molar-refractivity contribution in [1.29, 1.82) is 0 Å². The molecule has 4 atom stereocenters. The number of methoxy groups -OCH3 is 1. The lowest BCUT2D eigenvalue weighted by molar-refractivity contribution is 0.0734. The molecule has 2 fully saturated rings. The summed E-state index contributed by atoms with van der Waals surface area (Å²) in [6.07, 6.45) is 7.21. The second kappa shape index (κ2) is 8.56. The van der Waals surface area contributed by atoms with Gasteiger partial charge in [-0.3, -0.25) is 0 Å². The Morgan fingerprint density at radius 1 is 0.931 bits per heavy atom. The van der Waals surface area contributed by atoms with E-state index in [4.69, 9.17) is 9.47 Å². The lowest BCUT2D eigenvalue weighted by Crippen LogP contribution is -2.30. The van der Waals surface area contributed by atoms with Gasteiger partial charge in [-0.05, 0) is 97.7 Å². The van der Waals surface area contributed by atoms with Crippen LogP contribution in [-0.2, 0) is 0 Å². The first-order valence-electron chi connectivity index (χ1n) is 10.7. The van der Waals surface area contributed by atoms with Crippen LogP contribution >= 0.6 is 0 Å². The number of hydrogen-bond donors (Lipinski definition) is 0. The molecule has 0 spiro atoms. The minimum atomic E-state index is -0.550. The Balaban J connectivity index is 1.43. The molecular weight excluding hydrogens is 367 g/mol. The summed E-state index contributed by atoms with van der Waals surface area (Å²) in [5.41, 5.74) is 0.991. The first kappa shape index (κ1) is 19.9. The second-order valence-corrected chi connectivity index (χ2v) is 8.75. The molecule has 0 aliphatic heterocycles. The van der Waals surface area contributed by atoms with Crippen molar-refractivity contribution in [2.24, 2.45) is 17.8 Å². The Kier molecular flexibility index (Phi) is 5.89.